The van der Waals surface area contributed by atoms with Gasteiger partial charge in [0.1, 0.15) is 11.4 Å². The molecule has 0 saturated carbocycles. The Bertz CT molecular complexity index is 1070. The van der Waals surface area contributed by atoms with Crippen LogP contribution in [-0.4, -0.2) is 53.4 Å². The molecule has 10 heteroatoms. The summed E-state index contributed by atoms with van der Waals surface area (Å²) in [6, 6.07) is 8.71. The molecule has 29 heavy (non-hydrogen) atoms. The van der Waals surface area contributed by atoms with Crippen molar-refractivity contribution in [2.75, 3.05) is 37.8 Å². The highest BCUT2D eigenvalue weighted by Crippen LogP contribution is 2.23. The smallest absolute Gasteiger partial charge is 0.274 e. The molecule has 152 valence electrons. The fourth-order valence-electron chi connectivity index (χ4n) is 3.06. The Balaban J connectivity index is 1.58. The minimum atomic E-state index is -0.470. The molecule has 0 spiro atoms. The zero-order chi connectivity index (χ0) is 20.2. The van der Waals surface area contributed by atoms with Gasteiger partial charge in [-0.3, -0.25) is 9.59 Å². The number of nitrogens with zero attached hydrogens (tertiary/aromatic N) is 4. The Hall–Kier alpha value is -2.98. The molecule has 3 heterocycles. The van der Waals surface area contributed by atoms with Crippen LogP contribution in [0.1, 0.15) is 23.0 Å². The van der Waals surface area contributed by atoms with E-state index in [4.69, 9.17) is 9.47 Å². The van der Waals surface area contributed by atoms with E-state index in [0.717, 1.165) is 11.3 Å². The summed E-state index contributed by atoms with van der Waals surface area (Å²) in [7, 11) is 0. The maximum Gasteiger partial charge on any atom is 0.274 e. The van der Waals surface area contributed by atoms with Crippen molar-refractivity contribution in [3.8, 4) is 5.75 Å². The second-order valence-electron chi connectivity index (χ2n) is 6.38. The number of aromatic nitrogens is 3. The van der Waals surface area contributed by atoms with Crippen LogP contribution < -0.4 is 20.5 Å². The molecule has 1 N–H and O–H groups in total. The summed E-state index contributed by atoms with van der Waals surface area (Å²) in [5.41, 5.74) is 0.541. The molecule has 0 atom stereocenters. The molecule has 9 nitrogen and oxygen atoms in total. The average molecular weight is 415 g/mol. The molecule has 0 unspecified atom stereocenters. The number of amides is 1. The van der Waals surface area contributed by atoms with E-state index in [0.29, 0.717) is 43.0 Å². The highest BCUT2D eigenvalue weighted by atomic mass is 32.1. The SMILES string of the molecule is CCOc1ccccc1CNC(=O)c1cc(=O)nc2sc(N3CCOCC3)nn12. The maximum absolute atomic E-state index is 12.8. The van der Waals surface area contributed by atoms with Gasteiger partial charge in [0.15, 0.2) is 0 Å². The number of hydrogen-bond donors (Lipinski definition) is 1. The standard InChI is InChI=1S/C19H21N5O4S/c1-2-28-15-6-4-3-5-13(15)12-20-17(26)14-11-16(25)21-18-24(14)22-19(29-18)23-7-9-27-10-8-23/h3-6,11H,2,7-10,12H2,1H3,(H,20,26). The summed E-state index contributed by atoms with van der Waals surface area (Å²) < 4.78 is 12.4. The molecule has 0 radical (unpaired) electrons. The second-order valence-corrected chi connectivity index (χ2v) is 7.32. The van der Waals surface area contributed by atoms with E-state index < -0.39 is 11.5 Å². The average Bonchev–Trinajstić information content (AvgIpc) is 3.17. The van der Waals surface area contributed by atoms with Crippen LogP contribution in [0.25, 0.3) is 4.96 Å². The Morgan fingerprint density at radius 2 is 2.10 bits per heavy atom. The molecular weight excluding hydrogens is 394 g/mol. The lowest BCUT2D eigenvalue weighted by molar-refractivity contribution is 0.0942. The van der Waals surface area contributed by atoms with Crippen LogP contribution in [0.4, 0.5) is 5.13 Å². The number of carbonyl (C=O) groups excluding carboxylic acids is 1. The predicted octanol–water partition coefficient (Wildman–Crippen LogP) is 1.32. The van der Waals surface area contributed by atoms with Crippen molar-refractivity contribution in [3.05, 3.63) is 51.9 Å². The molecule has 1 aliphatic heterocycles. The van der Waals surface area contributed by atoms with Gasteiger partial charge >= 0.3 is 0 Å². The number of rotatable bonds is 6. The van der Waals surface area contributed by atoms with Crippen molar-refractivity contribution in [2.45, 2.75) is 13.5 Å². The minimum absolute atomic E-state index is 0.157. The first-order valence-corrected chi connectivity index (χ1v) is 10.2. The number of benzene rings is 1. The summed E-state index contributed by atoms with van der Waals surface area (Å²) in [5.74, 6) is 0.320. The Morgan fingerprint density at radius 1 is 1.31 bits per heavy atom. The highest BCUT2D eigenvalue weighted by molar-refractivity contribution is 7.20. The van der Waals surface area contributed by atoms with Crippen LogP contribution >= 0.6 is 11.3 Å². The lowest BCUT2D eigenvalue weighted by Gasteiger charge is -2.25. The number of para-hydroxylation sites is 1. The van der Waals surface area contributed by atoms with Crippen molar-refractivity contribution >= 4 is 27.3 Å². The van der Waals surface area contributed by atoms with Gasteiger partial charge in [-0.2, -0.15) is 9.50 Å². The summed E-state index contributed by atoms with van der Waals surface area (Å²) in [6.45, 7) is 5.37. The molecule has 4 rings (SSSR count). The first kappa shape index (κ1) is 19.3. The van der Waals surface area contributed by atoms with Crippen molar-refractivity contribution in [2.24, 2.45) is 0 Å². The fraction of sp³-hybridized carbons (Fsp3) is 0.368. The minimum Gasteiger partial charge on any atom is -0.494 e. The van der Waals surface area contributed by atoms with Gasteiger partial charge in [0, 0.05) is 31.3 Å². The molecular formula is C19H21N5O4S. The Kier molecular flexibility index (Phi) is 5.72. The van der Waals surface area contributed by atoms with E-state index in [-0.39, 0.29) is 12.2 Å². The van der Waals surface area contributed by atoms with E-state index in [9.17, 15) is 9.59 Å². The van der Waals surface area contributed by atoms with Gasteiger partial charge in [0.05, 0.1) is 19.8 Å². The zero-order valence-corrected chi connectivity index (χ0v) is 16.8. The van der Waals surface area contributed by atoms with Gasteiger partial charge in [-0.05, 0) is 13.0 Å². The molecule has 0 aliphatic carbocycles. The van der Waals surface area contributed by atoms with E-state index in [2.05, 4.69) is 20.3 Å². The predicted molar refractivity (Wildman–Crippen MR) is 109 cm³/mol. The number of nitrogens with one attached hydrogen (secondary N) is 1. The van der Waals surface area contributed by atoms with Gasteiger partial charge in [0.2, 0.25) is 10.1 Å². The zero-order valence-electron chi connectivity index (χ0n) is 16.0. The molecule has 1 amide bonds. The number of carbonyl (C=O) groups is 1. The number of hydrogen-bond acceptors (Lipinski definition) is 8. The quantitative estimate of drug-likeness (QED) is 0.648. The van der Waals surface area contributed by atoms with Crippen LogP contribution in [0.3, 0.4) is 0 Å². The first-order chi connectivity index (χ1) is 14.2. The van der Waals surface area contributed by atoms with E-state index in [1.54, 1.807) is 0 Å². The molecule has 1 aromatic carbocycles. The van der Waals surface area contributed by atoms with Crippen LogP contribution in [-0.2, 0) is 11.3 Å². The van der Waals surface area contributed by atoms with E-state index >= 15 is 0 Å². The summed E-state index contributed by atoms with van der Waals surface area (Å²) in [6.07, 6.45) is 0. The molecule has 0 bridgehead atoms. The number of morpholine rings is 1. The highest BCUT2D eigenvalue weighted by Gasteiger charge is 2.20. The second kappa shape index (κ2) is 8.58. The van der Waals surface area contributed by atoms with Crippen LogP contribution in [0, 0.1) is 0 Å². The lowest BCUT2D eigenvalue weighted by atomic mass is 10.2. The molecule has 1 fully saturated rings. The van der Waals surface area contributed by atoms with Gasteiger partial charge in [-0.25, -0.2) is 0 Å². The lowest BCUT2D eigenvalue weighted by Crippen LogP contribution is -2.36. The Morgan fingerprint density at radius 3 is 2.90 bits per heavy atom. The van der Waals surface area contributed by atoms with Gasteiger partial charge in [0.25, 0.3) is 11.5 Å². The van der Waals surface area contributed by atoms with Crippen molar-refractivity contribution < 1.29 is 14.3 Å². The molecule has 1 aliphatic rings. The largest absolute Gasteiger partial charge is 0.494 e. The third-order valence-corrected chi connectivity index (χ3v) is 5.44. The molecule has 2 aromatic heterocycles. The molecule has 3 aromatic rings. The van der Waals surface area contributed by atoms with Crippen molar-refractivity contribution in [1.82, 2.24) is 19.9 Å². The van der Waals surface area contributed by atoms with Crippen LogP contribution in [0.5, 0.6) is 5.75 Å². The van der Waals surface area contributed by atoms with Gasteiger partial charge in [-0.1, -0.05) is 29.5 Å². The Labute approximate surface area is 170 Å². The normalized spacial score (nSPS) is 14.2. The summed E-state index contributed by atoms with van der Waals surface area (Å²) in [5, 5.41) is 8.08. The third-order valence-electron chi connectivity index (χ3n) is 4.47. The summed E-state index contributed by atoms with van der Waals surface area (Å²) >= 11 is 1.28. The maximum atomic E-state index is 12.8. The monoisotopic (exact) mass is 415 g/mol. The van der Waals surface area contributed by atoms with Crippen molar-refractivity contribution in [1.29, 1.82) is 0 Å². The van der Waals surface area contributed by atoms with E-state index in [1.165, 1.54) is 21.9 Å². The fourth-order valence-corrected chi connectivity index (χ4v) is 4.02. The van der Waals surface area contributed by atoms with Gasteiger partial charge in [-0.15, -0.1) is 5.10 Å². The van der Waals surface area contributed by atoms with E-state index in [1.807, 2.05) is 31.2 Å². The summed E-state index contributed by atoms with van der Waals surface area (Å²) in [4.78, 5) is 31.3. The number of ether oxygens (including phenoxy) is 2. The van der Waals surface area contributed by atoms with Gasteiger partial charge < -0.3 is 19.7 Å². The van der Waals surface area contributed by atoms with Crippen LogP contribution in [0.15, 0.2) is 35.1 Å². The van der Waals surface area contributed by atoms with Crippen molar-refractivity contribution in [3.63, 3.8) is 0 Å². The number of anilines is 1. The first-order valence-electron chi connectivity index (χ1n) is 9.38. The third kappa shape index (κ3) is 4.22. The van der Waals surface area contributed by atoms with Crippen LogP contribution in [0.2, 0.25) is 0 Å². The topological polar surface area (TPSA) is 98.1 Å². The molecule has 1 saturated heterocycles. The number of fused-ring (bicyclic) bond motifs is 1.